The number of aromatic nitrogens is 1. The van der Waals surface area contributed by atoms with Crippen molar-refractivity contribution in [1.82, 2.24) is 0 Å². The number of hydrogen-bond donors (Lipinski definition) is 3. The predicted molar refractivity (Wildman–Crippen MR) is 96.8 cm³/mol. The van der Waals surface area contributed by atoms with Crippen molar-refractivity contribution in [3.05, 3.63) is 65.0 Å². The Hall–Kier alpha value is -2.45. The molecule has 1 aromatic carbocycles. The van der Waals surface area contributed by atoms with Crippen LogP contribution < -0.4 is 4.57 Å². The van der Waals surface area contributed by atoms with E-state index in [1.807, 2.05) is 12.1 Å². The van der Waals surface area contributed by atoms with Crippen molar-refractivity contribution < 1.29 is 34.2 Å². The zero-order valence-electron chi connectivity index (χ0n) is 15.2. The Balaban J connectivity index is 1.53. The molecule has 1 fully saturated rings. The number of aliphatic hydroxyl groups is 3. The summed E-state index contributed by atoms with van der Waals surface area (Å²) in [6, 6.07) is 8.91. The van der Waals surface area contributed by atoms with Crippen LogP contribution in [-0.2, 0) is 17.6 Å². The quantitative estimate of drug-likeness (QED) is 0.500. The Morgan fingerprint density at radius 3 is 2.75 bits per heavy atom. The highest BCUT2D eigenvalue weighted by molar-refractivity contribution is 6.01. The molecule has 4 atom stereocenters. The topological polar surface area (TPSA) is 108 Å². The van der Waals surface area contributed by atoms with Gasteiger partial charge in [0.1, 0.15) is 12.2 Å². The molecule has 1 aliphatic heterocycles. The molecular formula is C21H22NO6+. The summed E-state index contributed by atoms with van der Waals surface area (Å²) in [5.74, 6) is -0.0160. The van der Waals surface area contributed by atoms with Gasteiger partial charge in [-0.25, -0.2) is 0 Å². The van der Waals surface area contributed by atoms with Crippen molar-refractivity contribution in [3.63, 3.8) is 0 Å². The summed E-state index contributed by atoms with van der Waals surface area (Å²) in [5, 5.41) is 29.3. The Bertz CT molecular complexity index is 927. The highest BCUT2D eigenvalue weighted by Gasteiger charge is 2.48. The molecule has 3 N–H and O–H groups in total. The van der Waals surface area contributed by atoms with Crippen LogP contribution in [0.2, 0.25) is 0 Å². The second-order valence-corrected chi connectivity index (χ2v) is 7.28. The fourth-order valence-corrected chi connectivity index (χ4v) is 3.82. The summed E-state index contributed by atoms with van der Waals surface area (Å²) in [5.41, 5.74) is 2.94. The van der Waals surface area contributed by atoms with Crippen LogP contribution in [0.3, 0.4) is 0 Å². The number of hydrogen-bond acceptors (Lipinski definition) is 6. The molecule has 1 aromatic heterocycles. The second kappa shape index (κ2) is 7.52. The van der Waals surface area contributed by atoms with Gasteiger partial charge < -0.3 is 20.1 Å². The Labute approximate surface area is 161 Å². The number of pyridine rings is 1. The third-order valence-electron chi connectivity index (χ3n) is 5.42. The molecule has 7 nitrogen and oxygen atoms in total. The third kappa shape index (κ3) is 3.38. The van der Waals surface area contributed by atoms with Crippen LogP contribution in [0.25, 0.3) is 0 Å². The number of aliphatic hydroxyl groups excluding tert-OH is 3. The number of ether oxygens (including phenoxy) is 1. The number of benzene rings is 1. The van der Waals surface area contributed by atoms with E-state index in [9.17, 15) is 24.9 Å². The molecule has 28 heavy (non-hydrogen) atoms. The number of carbonyl (C=O) groups excluding carboxylic acids is 2. The van der Waals surface area contributed by atoms with E-state index in [1.165, 1.54) is 4.57 Å². The summed E-state index contributed by atoms with van der Waals surface area (Å²) in [4.78, 5) is 24.6. The summed E-state index contributed by atoms with van der Waals surface area (Å²) in [6.45, 7) is -0.412. The van der Waals surface area contributed by atoms with Crippen LogP contribution in [0.4, 0.5) is 0 Å². The van der Waals surface area contributed by atoms with Crippen molar-refractivity contribution in [2.75, 3.05) is 6.61 Å². The minimum atomic E-state index is -1.21. The van der Waals surface area contributed by atoms with Crippen molar-refractivity contribution in [1.29, 1.82) is 0 Å². The van der Waals surface area contributed by atoms with E-state index in [-0.39, 0.29) is 18.0 Å². The fourth-order valence-electron chi connectivity index (χ4n) is 3.82. The lowest BCUT2D eigenvalue weighted by molar-refractivity contribution is -0.765. The highest BCUT2D eigenvalue weighted by atomic mass is 16.6. The molecule has 1 aliphatic carbocycles. The van der Waals surface area contributed by atoms with Crippen LogP contribution in [-0.4, -0.2) is 51.8 Å². The standard InChI is InChI=1S/C21H22NO6/c23-11-18-19(26)20(27)21(28-18)22-7-1-2-14(10-22)17(25)9-12-3-4-13-5-6-16(24)15(13)8-12/h1-4,7-8,10,18-21,23,26-27H,5-6,9,11H2/q+1/t18-,19-,20-,21-/m1/s1. The Morgan fingerprint density at radius 1 is 1.18 bits per heavy atom. The number of ketones is 2. The average molecular weight is 384 g/mol. The number of Topliss-reactive ketones (excluding diaryl/α,β-unsaturated/α-hetero) is 2. The van der Waals surface area contributed by atoms with Crippen LogP contribution in [0.15, 0.2) is 42.7 Å². The lowest BCUT2D eigenvalue weighted by atomic mass is 10.00. The first kappa shape index (κ1) is 18.9. The van der Waals surface area contributed by atoms with Crippen LogP contribution in [0.1, 0.15) is 44.5 Å². The van der Waals surface area contributed by atoms with E-state index in [2.05, 4.69) is 0 Å². The van der Waals surface area contributed by atoms with Crippen molar-refractivity contribution >= 4 is 11.6 Å². The molecule has 2 heterocycles. The molecule has 7 heteroatoms. The number of rotatable bonds is 5. The van der Waals surface area contributed by atoms with Crippen molar-refractivity contribution in [2.24, 2.45) is 0 Å². The van der Waals surface area contributed by atoms with E-state index in [1.54, 1.807) is 30.6 Å². The maximum absolute atomic E-state index is 12.7. The SMILES string of the molecule is O=C(Cc1ccc2c(c1)C(=O)CC2)c1ccc[n+]([C@@H]2O[C@H](CO)[C@@H](O)[C@H]2O)c1. The molecular weight excluding hydrogens is 362 g/mol. The minimum absolute atomic E-state index is 0.117. The molecule has 2 aromatic rings. The molecule has 146 valence electrons. The summed E-state index contributed by atoms with van der Waals surface area (Å²) >= 11 is 0. The fraction of sp³-hybridized carbons (Fsp3) is 0.381. The number of nitrogens with zero attached hydrogens (tertiary/aromatic N) is 1. The second-order valence-electron chi connectivity index (χ2n) is 7.28. The normalized spacial score (nSPS) is 26.5. The van der Waals surface area contributed by atoms with Gasteiger partial charge in [-0.15, -0.1) is 0 Å². The molecule has 0 saturated carbocycles. The maximum Gasteiger partial charge on any atom is 0.292 e. The molecule has 0 radical (unpaired) electrons. The van der Waals surface area contributed by atoms with E-state index >= 15 is 0 Å². The molecule has 0 spiro atoms. The maximum atomic E-state index is 12.7. The number of carbonyl (C=O) groups is 2. The van der Waals surface area contributed by atoms with Gasteiger partial charge >= 0.3 is 0 Å². The monoisotopic (exact) mass is 384 g/mol. The van der Waals surface area contributed by atoms with Gasteiger partial charge in [-0.3, -0.25) is 9.59 Å². The summed E-state index contributed by atoms with van der Waals surface area (Å²) < 4.78 is 7.02. The molecule has 0 unspecified atom stereocenters. The number of aryl methyl sites for hydroxylation is 1. The first-order valence-corrected chi connectivity index (χ1v) is 9.29. The van der Waals surface area contributed by atoms with Gasteiger partial charge in [0.15, 0.2) is 30.1 Å². The Morgan fingerprint density at radius 2 is 2.00 bits per heavy atom. The summed E-state index contributed by atoms with van der Waals surface area (Å²) in [7, 11) is 0. The Kier molecular flexibility index (Phi) is 5.07. The lowest BCUT2D eigenvalue weighted by Crippen LogP contribution is -2.46. The van der Waals surface area contributed by atoms with Crippen LogP contribution in [0, 0.1) is 0 Å². The van der Waals surface area contributed by atoms with Gasteiger partial charge in [0.25, 0.3) is 6.23 Å². The van der Waals surface area contributed by atoms with E-state index in [4.69, 9.17) is 4.74 Å². The zero-order chi connectivity index (χ0) is 19.8. The molecule has 0 bridgehead atoms. The first-order valence-electron chi connectivity index (χ1n) is 9.29. The van der Waals surface area contributed by atoms with E-state index in [0.29, 0.717) is 17.5 Å². The van der Waals surface area contributed by atoms with Gasteiger partial charge in [-0.1, -0.05) is 12.1 Å². The average Bonchev–Trinajstić information content (AvgIpc) is 3.22. The van der Waals surface area contributed by atoms with E-state index in [0.717, 1.165) is 17.5 Å². The third-order valence-corrected chi connectivity index (χ3v) is 5.42. The van der Waals surface area contributed by atoms with Crippen LogP contribution >= 0.6 is 0 Å². The van der Waals surface area contributed by atoms with Gasteiger partial charge in [0, 0.05) is 24.5 Å². The molecule has 0 amide bonds. The smallest absolute Gasteiger partial charge is 0.292 e. The first-order chi connectivity index (χ1) is 13.5. The van der Waals surface area contributed by atoms with Crippen molar-refractivity contribution in [2.45, 2.75) is 43.8 Å². The zero-order valence-corrected chi connectivity index (χ0v) is 15.2. The highest BCUT2D eigenvalue weighted by Crippen LogP contribution is 2.26. The van der Waals surface area contributed by atoms with Gasteiger partial charge in [0.2, 0.25) is 0 Å². The number of fused-ring (bicyclic) bond motifs is 1. The van der Waals surface area contributed by atoms with Crippen molar-refractivity contribution in [3.8, 4) is 0 Å². The van der Waals surface area contributed by atoms with Gasteiger partial charge in [-0.2, -0.15) is 4.57 Å². The lowest BCUT2D eigenvalue weighted by Gasteiger charge is -2.10. The van der Waals surface area contributed by atoms with Gasteiger partial charge in [-0.05, 0) is 29.7 Å². The molecule has 2 aliphatic rings. The summed E-state index contributed by atoms with van der Waals surface area (Å²) in [6.07, 6.45) is 0.434. The van der Waals surface area contributed by atoms with Gasteiger partial charge in [0.05, 0.1) is 12.2 Å². The largest absolute Gasteiger partial charge is 0.394 e. The van der Waals surface area contributed by atoms with E-state index < -0.39 is 31.1 Å². The minimum Gasteiger partial charge on any atom is -0.394 e. The molecule has 1 saturated heterocycles. The van der Waals surface area contributed by atoms with Crippen LogP contribution in [0.5, 0.6) is 0 Å². The molecule has 4 rings (SSSR count). The predicted octanol–water partition coefficient (Wildman–Crippen LogP) is 0.140.